The molecular formula is C17H19F2NS. The number of nitrogens with one attached hydrogen (secondary N) is 1. The Hall–Kier alpha value is -1.39. The molecule has 0 radical (unpaired) electrons. The third-order valence-corrected chi connectivity index (χ3v) is 3.99. The van der Waals surface area contributed by atoms with Crippen molar-refractivity contribution in [3.63, 3.8) is 0 Å². The van der Waals surface area contributed by atoms with Crippen LogP contribution in [0, 0.1) is 17.6 Å². The number of hydrogen-bond donors (Lipinski definition) is 1. The summed E-state index contributed by atoms with van der Waals surface area (Å²) in [5.41, 5.74) is 1.19. The summed E-state index contributed by atoms with van der Waals surface area (Å²) in [5.74, 6) is -0.451. The van der Waals surface area contributed by atoms with E-state index in [1.54, 1.807) is 0 Å². The second-order valence-electron chi connectivity index (χ2n) is 5.35. The van der Waals surface area contributed by atoms with Gasteiger partial charge in [-0.1, -0.05) is 37.7 Å². The van der Waals surface area contributed by atoms with Gasteiger partial charge in [-0.25, -0.2) is 8.78 Å². The Morgan fingerprint density at radius 2 is 1.76 bits per heavy atom. The van der Waals surface area contributed by atoms with Crippen molar-refractivity contribution in [1.29, 1.82) is 0 Å². The monoisotopic (exact) mass is 307 g/mol. The van der Waals surface area contributed by atoms with Gasteiger partial charge in [-0.3, -0.25) is 0 Å². The molecule has 0 bridgehead atoms. The molecule has 0 fully saturated rings. The average molecular weight is 307 g/mol. The molecule has 2 aromatic carbocycles. The summed E-state index contributed by atoms with van der Waals surface area (Å²) < 4.78 is 26.4. The third-order valence-electron chi connectivity index (χ3n) is 2.93. The van der Waals surface area contributed by atoms with Crippen molar-refractivity contribution in [2.24, 2.45) is 5.92 Å². The lowest BCUT2D eigenvalue weighted by molar-refractivity contribution is 0.552. The highest BCUT2D eigenvalue weighted by Crippen LogP contribution is 2.30. The van der Waals surface area contributed by atoms with Crippen LogP contribution in [0.25, 0.3) is 0 Å². The zero-order valence-electron chi connectivity index (χ0n) is 12.2. The van der Waals surface area contributed by atoms with Crippen molar-refractivity contribution < 1.29 is 8.78 Å². The van der Waals surface area contributed by atoms with E-state index in [0.717, 1.165) is 24.1 Å². The van der Waals surface area contributed by atoms with E-state index in [1.807, 2.05) is 24.3 Å². The number of hydrogen-bond acceptors (Lipinski definition) is 2. The molecule has 0 unspecified atom stereocenters. The Kier molecular flexibility index (Phi) is 5.76. The molecule has 0 spiro atoms. The third kappa shape index (κ3) is 5.14. The molecule has 4 heteroatoms. The Labute approximate surface area is 128 Å². The van der Waals surface area contributed by atoms with Crippen LogP contribution in [-0.4, -0.2) is 6.54 Å². The molecular weight excluding hydrogens is 288 g/mol. The second-order valence-corrected chi connectivity index (χ2v) is 6.46. The first-order chi connectivity index (χ1) is 10.0. The smallest absolute Gasteiger partial charge is 0.140 e. The lowest BCUT2D eigenvalue weighted by Gasteiger charge is -2.08. The Morgan fingerprint density at radius 3 is 2.38 bits per heavy atom. The molecule has 0 aromatic heterocycles. The molecule has 0 heterocycles. The minimum Gasteiger partial charge on any atom is -0.312 e. The van der Waals surface area contributed by atoms with Crippen molar-refractivity contribution in [3.8, 4) is 0 Å². The summed E-state index contributed by atoms with van der Waals surface area (Å²) in [6.45, 7) is 6.15. The first-order valence-electron chi connectivity index (χ1n) is 6.97. The summed E-state index contributed by atoms with van der Waals surface area (Å²) >= 11 is 1.30. The Balaban J connectivity index is 1.95. The van der Waals surface area contributed by atoms with E-state index < -0.39 is 11.6 Å². The largest absolute Gasteiger partial charge is 0.312 e. The van der Waals surface area contributed by atoms with Crippen LogP contribution in [0.4, 0.5) is 8.78 Å². The summed E-state index contributed by atoms with van der Waals surface area (Å²) in [7, 11) is 0. The highest BCUT2D eigenvalue weighted by Gasteiger charge is 2.05. The summed E-state index contributed by atoms with van der Waals surface area (Å²) in [6, 6.07) is 11.6. The molecule has 0 aliphatic rings. The van der Waals surface area contributed by atoms with Crippen molar-refractivity contribution in [3.05, 3.63) is 59.7 Å². The van der Waals surface area contributed by atoms with Gasteiger partial charge in [0, 0.05) is 22.4 Å². The molecule has 1 N–H and O–H groups in total. The standard InChI is InChI=1S/C17H19F2NS/c1-12(2)10-20-11-13-3-6-15(7-4-13)21-17-8-5-14(18)9-16(17)19/h3-9,12,20H,10-11H2,1-2H3. The summed E-state index contributed by atoms with van der Waals surface area (Å²) in [4.78, 5) is 1.37. The van der Waals surface area contributed by atoms with Crippen LogP contribution in [0.5, 0.6) is 0 Å². The Morgan fingerprint density at radius 1 is 1.05 bits per heavy atom. The van der Waals surface area contributed by atoms with Gasteiger partial charge in [0.05, 0.1) is 0 Å². The van der Waals surface area contributed by atoms with E-state index in [-0.39, 0.29) is 0 Å². The maximum atomic E-state index is 13.6. The minimum atomic E-state index is -0.552. The van der Waals surface area contributed by atoms with Crippen molar-refractivity contribution in [1.82, 2.24) is 5.32 Å². The van der Waals surface area contributed by atoms with Gasteiger partial charge in [0.15, 0.2) is 0 Å². The van der Waals surface area contributed by atoms with Gasteiger partial charge in [-0.05, 0) is 42.3 Å². The van der Waals surface area contributed by atoms with Crippen LogP contribution in [-0.2, 0) is 6.54 Å². The molecule has 0 saturated heterocycles. The summed E-state index contributed by atoms with van der Waals surface area (Å²) in [6.07, 6.45) is 0. The molecule has 2 aromatic rings. The van der Waals surface area contributed by atoms with E-state index in [0.29, 0.717) is 10.8 Å². The van der Waals surface area contributed by atoms with Gasteiger partial charge in [-0.2, -0.15) is 0 Å². The fourth-order valence-corrected chi connectivity index (χ4v) is 2.68. The van der Waals surface area contributed by atoms with Gasteiger partial charge in [-0.15, -0.1) is 0 Å². The van der Waals surface area contributed by atoms with Crippen molar-refractivity contribution >= 4 is 11.8 Å². The van der Waals surface area contributed by atoms with Crippen LogP contribution in [0.3, 0.4) is 0 Å². The fourth-order valence-electron chi connectivity index (χ4n) is 1.87. The number of benzene rings is 2. The average Bonchev–Trinajstić information content (AvgIpc) is 2.43. The maximum absolute atomic E-state index is 13.6. The first kappa shape index (κ1) is 16.0. The van der Waals surface area contributed by atoms with E-state index in [1.165, 1.54) is 29.5 Å². The molecule has 1 nitrogen and oxygen atoms in total. The van der Waals surface area contributed by atoms with E-state index in [2.05, 4.69) is 19.2 Å². The van der Waals surface area contributed by atoms with Gasteiger partial charge in [0.25, 0.3) is 0 Å². The molecule has 112 valence electrons. The molecule has 0 saturated carbocycles. The topological polar surface area (TPSA) is 12.0 Å². The maximum Gasteiger partial charge on any atom is 0.140 e. The quantitative estimate of drug-likeness (QED) is 0.818. The highest BCUT2D eigenvalue weighted by molar-refractivity contribution is 7.99. The van der Waals surface area contributed by atoms with Crippen LogP contribution >= 0.6 is 11.8 Å². The van der Waals surface area contributed by atoms with Crippen LogP contribution in [0.2, 0.25) is 0 Å². The van der Waals surface area contributed by atoms with Gasteiger partial charge in [0.2, 0.25) is 0 Å². The predicted octanol–water partition coefficient (Wildman–Crippen LogP) is 4.86. The lowest BCUT2D eigenvalue weighted by Crippen LogP contribution is -2.18. The molecule has 0 amide bonds. The molecule has 0 aliphatic heterocycles. The fraction of sp³-hybridized carbons (Fsp3) is 0.294. The van der Waals surface area contributed by atoms with Crippen LogP contribution in [0.1, 0.15) is 19.4 Å². The van der Waals surface area contributed by atoms with E-state index >= 15 is 0 Å². The van der Waals surface area contributed by atoms with Gasteiger partial charge in [0.1, 0.15) is 11.6 Å². The highest BCUT2D eigenvalue weighted by atomic mass is 32.2. The Bertz CT molecular complexity index is 582. The molecule has 0 atom stereocenters. The second kappa shape index (κ2) is 7.57. The van der Waals surface area contributed by atoms with E-state index in [4.69, 9.17) is 0 Å². The summed E-state index contributed by atoms with van der Waals surface area (Å²) in [5, 5.41) is 3.38. The van der Waals surface area contributed by atoms with Gasteiger partial charge >= 0.3 is 0 Å². The first-order valence-corrected chi connectivity index (χ1v) is 7.79. The zero-order valence-corrected chi connectivity index (χ0v) is 13.0. The normalized spacial score (nSPS) is 11.1. The minimum absolute atomic E-state index is 0.432. The zero-order chi connectivity index (χ0) is 15.2. The van der Waals surface area contributed by atoms with Crippen molar-refractivity contribution in [2.75, 3.05) is 6.54 Å². The molecule has 2 rings (SSSR count). The lowest BCUT2D eigenvalue weighted by atomic mass is 10.2. The van der Waals surface area contributed by atoms with Crippen LogP contribution < -0.4 is 5.32 Å². The molecule has 0 aliphatic carbocycles. The van der Waals surface area contributed by atoms with Gasteiger partial charge < -0.3 is 5.32 Å². The molecule has 21 heavy (non-hydrogen) atoms. The van der Waals surface area contributed by atoms with E-state index in [9.17, 15) is 8.78 Å². The number of rotatable bonds is 6. The van der Waals surface area contributed by atoms with Crippen molar-refractivity contribution in [2.45, 2.75) is 30.2 Å². The van der Waals surface area contributed by atoms with Crippen LogP contribution in [0.15, 0.2) is 52.3 Å². The number of halogens is 2. The predicted molar refractivity (Wildman–Crippen MR) is 83.5 cm³/mol. The SMILES string of the molecule is CC(C)CNCc1ccc(Sc2ccc(F)cc2F)cc1.